The molecule has 0 bridgehead atoms. The molecule has 0 aromatic carbocycles. The Kier molecular flexibility index (Phi) is 4.43. The van der Waals surface area contributed by atoms with Crippen LogP contribution in [0.3, 0.4) is 0 Å². The highest BCUT2D eigenvalue weighted by Gasteiger charge is 2.58. The third-order valence-corrected chi connectivity index (χ3v) is 9.62. The number of esters is 1. The number of allylic oxidation sites excluding steroid dienone is 1. The van der Waals surface area contributed by atoms with Crippen LogP contribution < -0.4 is 5.32 Å². The number of ether oxygens (including phenoxy) is 1. The molecular weight excluding hydrogens is 384 g/mol. The molecular formula is C23H30N2O3S. The van der Waals surface area contributed by atoms with Gasteiger partial charge in [0.15, 0.2) is 5.13 Å². The molecule has 0 radical (unpaired) electrons. The first kappa shape index (κ1) is 19.3. The second kappa shape index (κ2) is 6.66. The summed E-state index contributed by atoms with van der Waals surface area (Å²) in [5.41, 5.74) is 3.15. The van der Waals surface area contributed by atoms with Crippen LogP contribution >= 0.6 is 11.3 Å². The highest BCUT2D eigenvalue weighted by atomic mass is 32.1. The largest absolute Gasteiger partial charge is 0.462 e. The molecule has 0 spiro atoms. The normalized spacial score (nSPS) is 40.0. The number of anilines is 1. The predicted molar refractivity (Wildman–Crippen MR) is 113 cm³/mol. The predicted octanol–water partition coefficient (Wildman–Crippen LogP) is 4.62. The van der Waals surface area contributed by atoms with Crippen molar-refractivity contribution in [3.8, 4) is 0 Å². The summed E-state index contributed by atoms with van der Waals surface area (Å²) in [6, 6.07) is 0. The topological polar surface area (TPSA) is 68.3 Å². The molecule has 29 heavy (non-hydrogen) atoms. The summed E-state index contributed by atoms with van der Waals surface area (Å²) in [5, 5.41) is 3.49. The van der Waals surface area contributed by atoms with Crippen molar-refractivity contribution in [3.05, 3.63) is 22.2 Å². The molecule has 2 fully saturated rings. The third kappa shape index (κ3) is 2.82. The van der Waals surface area contributed by atoms with Gasteiger partial charge in [-0.25, -0.2) is 4.98 Å². The van der Waals surface area contributed by atoms with Crippen molar-refractivity contribution in [2.45, 2.75) is 77.2 Å². The molecule has 1 heterocycles. The van der Waals surface area contributed by atoms with E-state index in [-0.39, 0.29) is 22.9 Å². The summed E-state index contributed by atoms with van der Waals surface area (Å²) < 4.78 is 5.55. The maximum absolute atomic E-state index is 11.4. The number of hydrogen-bond acceptors (Lipinski definition) is 5. The van der Waals surface area contributed by atoms with Crippen molar-refractivity contribution in [1.82, 2.24) is 4.98 Å². The van der Waals surface area contributed by atoms with E-state index in [1.165, 1.54) is 35.9 Å². The van der Waals surface area contributed by atoms with E-state index >= 15 is 0 Å². The number of nitrogens with one attached hydrogen (secondary N) is 1. The van der Waals surface area contributed by atoms with Gasteiger partial charge in [-0.2, -0.15) is 0 Å². The molecule has 1 amide bonds. The van der Waals surface area contributed by atoms with Gasteiger partial charge in [0, 0.05) is 23.6 Å². The molecule has 4 aliphatic carbocycles. The third-order valence-electron chi connectivity index (χ3n) is 8.61. The maximum Gasteiger partial charge on any atom is 0.302 e. The Morgan fingerprint density at radius 2 is 2.03 bits per heavy atom. The number of aromatic nitrogens is 1. The van der Waals surface area contributed by atoms with Crippen molar-refractivity contribution < 1.29 is 14.3 Å². The van der Waals surface area contributed by atoms with Gasteiger partial charge in [0.25, 0.3) is 0 Å². The lowest BCUT2D eigenvalue weighted by Gasteiger charge is -2.57. The van der Waals surface area contributed by atoms with E-state index in [4.69, 9.17) is 9.72 Å². The molecule has 0 unspecified atom stereocenters. The Hall–Kier alpha value is -1.69. The second-order valence-corrected chi connectivity index (χ2v) is 11.0. The van der Waals surface area contributed by atoms with E-state index in [9.17, 15) is 9.59 Å². The van der Waals surface area contributed by atoms with E-state index in [1.807, 2.05) is 0 Å². The van der Waals surface area contributed by atoms with Crippen LogP contribution in [0.4, 0.5) is 5.13 Å². The van der Waals surface area contributed by atoms with Crippen molar-refractivity contribution in [2.24, 2.45) is 23.2 Å². The van der Waals surface area contributed by atoms with E-state index in [0.29, 0.717) is 17.8 Å². The molecule has 4 aliphatic rings. The number of fused-ring (bicyclic) bond motifs is 7. The lowest BCUT2D eigenvalue weighted by Crippen LogP contribution is -2.51. The van der Waals surface area contributed by atoms with Gasteiger partial charge < -0.3 is 10.1 Å². The second-order valence-electron chi connectivity index (χ2n) is 9.95. The van der Waals surface area contributed by atoms with Gasteiger partial charge in [-0.15, -0.1) is 11.3 Å². The molecule has 1 aromatic heterocycles. The quantitative estimate of drug-likeness (QED) is 0.445. The highest BCUT2D eigenvalue weighted by Crippen LogP contribution is 2.64. The molecule has 1 N–H and O–H groups in total. The zero-order valence-corrected chi connectivity index (χ0v) is 18.3. The first-order valence-electron chi connectivity index (χ1n) is 10.9. The Morgan fingerprint density at radius 1 is 1.24 bits per heavy atom. The number of amides is 1. The lowest BCUT2D eigenvalue weighted by atomic mass is 9.48. The first-order valence-corrected chi connectivity index (χ1v) is 11.7. The fraction of sp³-hybridized carbons (Fsp3) is 0.696. The van der Waals surface area contributed by atoms with Crippen molar-refractivity contribution >= 4 is 28.8 Å². The van der Waals surface area contributed by atoms with Gasteiger partial charge in [0.05, 0.1) is 5.69 Å². The van der Waals surface area contributed by atoms with Crippen LogP contribution in [0.15, 0.2) is 11.6 Å². The van der Waals surface area contributed by atoms with E-state index < -0.39 is 0 Å². The van der Waals surface area contributed by atoms with Crippen LogP contribution in [0.25, 0.3) is 0 Å². The van der Waals surface area contributed by atoms with Crippen molar-refractivity contribution in [1.29, 1.82) is 0 Å². The molecule has 5 rings (SSSR count). The Morgan fingerprint density at radius 3 is 2.79 bits per heavy atom. The Labute approximate surface area is 176 Å². The standard InChI is InChI=1S/C23H30N2O3S/c1-13(27)28-15-6-8-22(2)14(10-15)4-5-16-17(22)7-9-23(3)18(16)11-19-20(23)25-21(29-19)24-12-26/h4,12,15-18H,5-11H2,1-3H3,(H,24,25,26)/t15-,16+,17-,18-,22-,23-/m0/s1. The molecule has 1 aromatic rings. The van der Waals surface area contributed by atoms with Gasteiger partial charge >= 0.3 is 5.97 Å². The minimum Gasteiger partial charge on any atom is -0.462 e. The van der Waals surface area contributed by atoms with Crippen molar-refractivity contribution in [3.63, 3.8) is 0 Å². The summed E-state index contributed by atoms with van der Waals surface area (Å²) in [5.74, 6) is 1.88. The summed E-state index contributed by atoms with van der Waals surface area (Å²) in [4.78, 5) is 28.4. The minimum atomic E-state index is -0.158. The summed E-state index contributed by atoms with van der Waals surface area (Å²) in [6.45, 7) is 6.39. The summed E-state index contributed by atoms with van der Waals surface area (Å²) >= 11 is 1.66. The van der Waals surface area contributed by atoms with E-state index in [0.717, 1.165) is 43.6 Å². The fourth-order valence-electron chi connectivity index (χ4n) is 7.20. The minimum absolute atomic E-state index is 0.0589. The van der Waals surface area contributed by atoms with Crippen LogP contribution in [-0.4, -0.2) is 23.5 Å². The molecule has 0 aliphatic heterocycles. The van der Waals surface area contributed by atoms with Gasteiger partial charge in [-0.05, 0) is 61.7 Å². The fourth-order valence-corrected chi connectivity index (χ4v) is 8.32. The van der Waals surface area contributed by atoms with Gasteiger partial charge in [0.2, 0.25) is 6.41 Å². The highest BCUT2D eigenvalue weighted by molar-refractivity contribution is 7.15. The average Bonchev–Trinajstić information content (AvgIpc) is 3.18. The first-order chi connectivity index (χ1) is 13.8. The van der Waals surface area contributed by atoms with Crippen LogP contribution in [0.1, 0.15) is 69.9 Å². The molecule has 5 nitrogen and oxygen atoms in total. The van der Waals surface area contributed by atoms with E-state index in [2.05, 4.69) is 25.2 Å². The molecule has 0 saturated heterocycles. The van der Waals surface area contributed by atoms with Crippen LogP contribution in [0.5, 0.6) is 0 Å². The number of thiazole rings is 1. The maximum atomic E-state index is 11.4. The zero-order valence-electron chi connectivity index (χ0n) is 17.5. The molecule has 6 heteroatoms. The molecule has 2 saturated carbocycles. The lowest BCUT2D eigenvalue weighted by molar-refractivity contribution is -0.148. The monoisotopic (exact) mass is 414 g/mol. The van der Waals surface area contributed by atoms with E-state index in [1.54, 1.807) is 11.3 Å². The van der Waals surface area contributed by atoms with Gasteiger partial charge in [0.1, 0.15) is 6.10 Å². The molecule has 6 atom stereocenters. The zero-order chi connectivity index (χ0) is 20.4. The number of nitrogens with zero attached hydrogens (tertiary/aromatic N) is 1. The Balaban J connectivity index is 1.41. The summed E-state index contributed by atoms with van der Waals surface area (Å²) in [6.07, 6.45) is 10.9. The van der Waals surface area contributed by atoms with Gasteiger partial charge in [-0.3, -0.25) is 9.59 Å². The van der Waals surface area contributed by atoms with Crippen molar-refractivity contribution in [2.75, 3.05) is 5.32 Å². The average molecular weight is 415 g/mol. The molecule has 156 valence electrons. The Bertz CT molecular complexity index is 893. The summed E-state index contributed by atoms with van der Waals surface area (Å²) in [7, 11) is 0. The van der Waals surface area contributed by atoms with Gasteiger partial charge in [-0.1, -0.05) is 25.5 Å². The van der Waals surface area contributed by atoms with Crippen LogP contribution in [-0.2, 0) is 26.2 Å². The number of carbonyl (C=O) groups is 2. The van der Waals surface area contributed by atoms with Crippen LogP contribution in [0, 0.1) is 23.2 Å². The SMILES string of the molecule is CC(=O)O[C@H]1CC[C@@]2(C)C(=CC[C@@H]3[C@@H]2CC[C@]2(C)c4nc(NC=O)sc4C[C@@H]32)C1. The van der Waals surface area contributed by atoms with Crippen LogP contribution in [0.2, 0.25) is 0 Å². The number of rotatable bonds is 3. The smallest absolute Gasteiger partial charge is 0.302 e. The number of carbonyl (C=O) groups excluding carboxylic acids is 2. The number of hydrogen-bond donors (Lipinski definition) is 1.